The summed E-state index contributed by atoms with van der Waals surface area (Å²) in [6.07, 6.45) is 26.9. The van der Waals surface area contributed by atoms with Crippen LogP contribution in [0.15, 0.2) is 92.5 Å². The topological polar surface area (TPSA) is 341 Å². The van der Waals surface area contributed by atoms with Crippen molar-refractivity contribution in [3.05, 3.63) is 89.5 Å². The Balaban J connectivity index is 0.000000165. The summed E-state index contributed by atoms with van der Waals surface area (Å²) in [5.74, 6) is 9.64. The van der Waals surface area contributed by atoms with E-state index in [2.05, 4.69) is 115 Å². The van der Waals surface area contributed by atoms with Crippen LogP contribution in [0.4, 0.5) is 9.59 Å². The Morgan fingerprint density at radius 1 is 0.426 bits per heavy atom. The summed E-state index contributed by atoms with van der Waals surface area (Å²) in [6, 6.07) is 18.9. The highest BCUT2D eigenvalue weighted by Gasteiger charge is 2.69. The SMILES string of the molecule is CC(C)(C)c1cccc(S(N)(=O)=O)c1.CC[C@H]1[C@@H](O)[C@@H]2[C@H](CC[C@]3(C)[C@@H]([C@H](C)CN=C=O)CC[C@@H]23)[C@@]2(C)CC[C@@H](C)C[C@@H]12.CC[C@H]1[C@@H](O)[C@@H]2[C@H](CC[C@]3(C)[C@@H]([C@H](C)CNC(=O)NS(=O)(=O)c4cccc(C(C)(C)C)c4)CC[C@@H]23)[C@@]2(C)CC[C@@H](O)C[C@@H]12.CC[C@H]1[C@@H](O)[C@@H]2[C@H](CC[C@]3(C)[C@@H]([C@H](C)CNC(=O)NS(=O)(=O)c4cccc(C(C)(C)C)c4)CC[C@@H]23)[C@@]2(C)CC[C@@H](O)C[C@@H]12. The molecule has 11 N–H and O–H groups in total. The van der Waals surface area contributed by atoms with Crippen molar-refractivity contribution in [2.45, 2.75) is 368 Å². The maximum absolute atomic E-state index is 13.0. The normalized spacial score (nSPS) is 40.0. The van der Waals surface area contributed by atoms with E-state index < -0.39 is 42.1 Å². The van der Waals surface area contributed by atoms with Gasteiger partial charge in [-0.3, -0.25) is 0 Å². The minimum absolute atomic E-state index is 0.0688. The maximum atomic E-state index is 13.0. The summed E-state index contributed by atoms with van der Waals surface area (Å²) in [7, 11) is -11.6. The molecule has 0 aliphatic heterocycles. The second-order valence-corrected chi connectivity index (χ2v) is 53.6. The van der Waals surface area contributed by atoms with Crippen molar-refractivity contribution >= 4 is 48.2 Å². The van der Waals surface area contributed by atoms with Crippen molar-refractivity contribution in [2.75, 3.05) is 19.6 Å². The van der Waals surface area contributed by atoms with Crippen LogP contribution >= 0.6 is 0 Å². The first-order chi connectivity index (χ1) is 60.0. The van der Waals surface area contributed by atoms with E-state index in [1.165, 1.54) is 63.1 Å². The van der Waals surface area contributed by atoms with Crippen LogP contribution in [0.3, 0.4) is 0 Å². The van der Waals surface area contributed by atoms with Gasteiger partial charge in [0.15, 0.2) is 0 Å². The number of fused-ring (bicyclic) bond motifs is 15. The predicted octanol–water partition coefficient (Wildman–Crippen LogP) is 20.0. The lowest BCUT2D eigenvalue weighted by Gasteiger charge is -2.65. The van der Waals surface area contributed by atoms with Gasteiger partial charge in [-0.05, 0) is 360 Å². The van der Waals surface area contributed by atoms with Crippen molar-refractivity contribution < 1.29 is 65.2 Å². The number of urea groups is 2. The number of nitrogens with one attached hydrogen (secondary N) is 4. The molecule has 33 atom stereocenters. The van der Waals surface area contributed by atoms with Crippen molar-refractivity contribution in [2.24, 2.45) is 173 Å². The molecule has 15 rings (SSSR count). The number of sulfonamides is 3. The number of benzene rings is 3. The van der Waals surface area contributed by atoms with Crippen molar-refractivity contribution in [3.63, 3.8) is 0 Å². The van der Waals surface area contributed by atoms with Crippen LogP contribution < -0.4 is 25.2 Å². The number of aliphatic hydroxyl groups is 5. The van der Waals surface area contributed by atoms with E-state index in [4.69, 9.17) is 5.14 Å². The number of hydrogen-bond acceptors (Lipinski definition) is 15. The Labute approximate surface area is 778 Å². The fraction of sp³-hybridized carbons (Fsp3) is 0.802. The third-order valence-electron chi connectivity index (χ3n) is 38.9. The number of hydrogen-bond donors (Lipinski definition) is 10. The molecule has 20 nitrogen and oxygen atoms in total. The molecule has 12 aliphatic carbocycles. The molecule has 0 spiro atoms. The fourth-order valence-electron chi connectivity index (χ4n) is 32.0. The van der Waals surface area contributed by atoms with E-state index in [1.807, 2.05) is 80.5 Å². The largest absolute Gasteiger partial charge is 0.393 e. The zero-order chi connectivity index (χ0) is 95.0. The Bertz CT molecular complexity index is 4610. The van der Waals surface area contributed by atoms with Gasteiger partial charge in [0.2, 0.25) is 16.1 Å². The van der Waals surface area contributed by atoms with Crippen LogP contribution in [-0.4, -0.2) is 119 Å². The number of primary sulfonamides is 1. The summed E-state index contributed by atoms with van der Waals surface area (Å²) in [5, 5.41) is 67.5. The van der Waals surface area contributed by atoms with Crippen molar-refractivity contribution in [1.29, 1.82) is 0 Å². The van der Waals surface area contributed by atoms with Gasteiger partial charge in [0.25, 0.3) is 20.0 Å². The molecule has 0 aromatic heterocycles. The van der Waals surface area contributed by atoms with Crippen molar-refractivity contribution in [3.8, 4) is 0 Å². The van der Waals surface area contributed by atoms with Gasteiger partial charge in [-0.25, -0.2) is 59.2 Å². The van der Waals surface area contributed by atoms with Crippen LogP contribution in [0.1, 0.15) is 323 Å². The molecule has 0 radical (unpaired) electrons. The van der Waals surface area contributed by atoms with E-state index in [0.717, 1.165) is 132 Å². The number of isocyanates is 1. The standard InChI is InChI=1S/2C35H56N2O5S.C26H43NO2.C10H15NO2S/c2*1-8-25-29-19-23(38)14-16-35(29,7)28-15-17-34(6)26(12-13-27(34)30(28)31(25)39)21(2)20-36-32(40)37-43(41,42)24-11-9-10-22(18-24)33(3,4)5;1-6-18-22-13-16(2)9-11-26(22,5)21-10-12-25(4)19(17(3)14-27-15-28)7-8-20(25)23(21)24(18)29;1-10(2,3)8-5-4-6-9(7-8)14(11,12)13/h2*9-11,18,21,23,25-31,38-39H,8,12-17,19-20H2,1-7H3,(H2,36,37,40);16-24,29H,6-14H2,1-5H3;4-7H,1-3H3,(H2,11,12,13)/t2*21-,23-,25-,26-,27+,28+,29+,30+,31-,34-,35-;16-,17-,18-,19-,20+,21+,22+,23+,24-,25-,26-;/m111./s1. The maximum Gasteiger partial charge on any atom is 0.328 e. The molecule has 3 aromatic rings. The lowest BCUT2D eigenvalue weighted by Crippen LogP contribution is -2.62. The number of carbonyl (C=O) groups excluding carboxylic acids is 3. The van der Waals surface area contributed by atoms with Crippen LogP contribution in [0.5, 0.6) is 0 Å². The second-order valence-electron chi connectivity index (χ2n) is 48.7. The Morgan fingerprint density at radius 3 is 1.04 bits per heavy atom. The number of carbonyl (C=O) groups is 2. The Kier molecular flexibility index (Phi) is 31.2. The molecule has 0 heterocycles. The van der Waals surface area contributed by atoms with Crippen molar-refractivity contribution in [1.82, 2.24) is 20.1 Å². The highest BCUT2D eigenvalue weighted by atomic mass is 32.2. The first-order valence-corrected chi connectivity index (χ1v) is 54.9. The molecule has 0 unspecified atom stereocenters. The molecule has 23 heteroatoms. The summed E-state index contributed by atoms with van der Waals surface area (Å²) in [6.45, 7) is 50.3. The molecule has 12 fully saturated rings. The van der Waals surface area contributed by atoms with Gasteiger partial charge in [-0.2, -0.15) is 0 Å². The van der Waals surface area contributed by atoms with Gasteiger partial charge in [0.1, 0.15) is 0 Å². The summed E-state index contributed by atoms with van der Waals surface area (Å²) >= 11 is 0. The van der Waals surface area contributed by atoms with Crippen LogP contribution in [0.25, 0.3) is 0 Å². The number of amides is 4. The van der Waals surface area contributed by atoms with E-state index >= 15 is 0 Å². The molecule has 12 aliphatic rings. The highest BCUT2D eigenvalue weighted by molar-refractivity contribution is 7.90. The molecule has 4 amide bonds. The van der Waals surface area contributed by atoms with E-state index in [0.29, 0.717) is 119 Å². The minimum atomic E-state index is -3.99. The molecule has 3 aromatic carbocycles. The third kappa shape index (κ3) is 20.3. The molecule has 12 saturated carbocycles. The highest BCUT2D eigenvalue weighted by Crippen LogP contribution is 2.74. The molecule has 129 heavy (non-hydrogen) atoms. The number of aliphatic hydroxyl groups excluding tert-OH is 5. The first-order valence-electron chi connectivity index (χ1n) is 50.4. The minimum Gasteiger partial charge on any atom is -0.393 e. The molecule has 726 valence electrons. The average molecular weight is 1850 g/mol. The van der Waals surface area contributed by atoms with Crippen LogP contribution in [0, 0.1) is 163 Å². The molecular formula is C106H170N6O14S3. The fourth-order valence-corrected chi connectivity index (χ4v) is 34.5. The summed E-state index contributed by atoms with van der Waals surface area (Å²) in [5.41, 5.74) is 3.48. The molecule has 0 bridgehead atoms. The second kappa shape index (κ2) is 39.0. The summed E-state index contributed by atoms with van der Waals surface area (Å²) < 4.78 is 78.7. The average Bonchev–Trinajstić information content (AvgIpc) is 1.70. The predicted molar refractivity (Wildman–Crippen MR) is 513 cm³/mol. The smallest absolute Gasteiger partial charge is 0.328 e. The zero-order valence-corrected chi connectivity index (χ0v) is 85.2. The molecule has 0 saturated heterocycles. The quantitative estimate of drug-likeness (QED) is 0.0444. The number of rotatable bonds is 17. The van der Waals surface area contributed by atoms with Gasteiger partial charge >= 0.3 is 12.1 Å². The summed E-state index contributed by atoms with van der Waals surface area (Å²) in [4.78, 5) is 40.6. The number of aliphatic imine (C=N–C) groups is 1. The lowest BCUT2D eigenvalue weighted by molar-refractivity contribution is -0.203. The zero-order valence-electron chi connectivity index (χ0n) is 82.8. The van der Waals surface area contributed by atoms with Gasteiger partial charge in [0.05, 0.1) is 51.8 Å². The van der Waals surface area contributed by atoms with E-state index in [9.17, 15) is 65.2 Å². The monoisotopic (exact) mass is 1850 g/mol. The van der Waals surface area contributed by atoms with Gasteiger partial charge < -0.3 is 36.2 Å². The number of nitrogens with zero attached hydrogens (tertiary/aromatic N) is 1. The lowest BCUT2D eigenvalue weighted by atomic mass is 9.41. The third-order valence-corrected chi connectivity index (χ3v) is 42.4. The van der Waals surface area contributed by atoms with E-state index in [-0.39, 0.29) is 119 Å². The first kappa shape index (κ1) is 103. The Morgan fingerprint density at radius 2 is 0.721 bits per heavy atom. The van der Waals surface area contributed by atoms with Gasteiger partial charge in [-0.15, -0.1) is 0 Å². The number of nitrogens with two attached hydrogens (primary N) is 1. The molecular weight excluding hydrogens is 1680 g/mol. The van der Waals surface area contributed by atoms with Crippen LogP contribution in [-0.2, 0) is 51.1 Å². The van der Waals surface area contributed by atoms with E-state index in [1.54, 1.807) is 42.5 Å². The van der Waals surface area contributed by atoms with Gasteiger partial charge in [-0.1, -0.05) is 214 Å². The van der Waals surface area contributed by atoms with Crippen LogP contribution in [0.2, 0.25) is 0 Å². The van der Waals surface area contributed by atoms with Gasteiger partial charge in [0, 0.05) is 13.1 Å². The Hall–Kier alpha value is -4.81.